The lowest BCUT2D eigenvalue weighted by Crippen LogP contribution is -2.20. The summed E-state index contributed by atoms with van der Waals surface area (Å²) < 4.78 is 2.47. The van der Waals surface area contributed by atoms with Crippen LogP contribution in [0, 0.1) is 0 Å². The molecule has 0 saturated carbocycles. The van der Waals surface area contributed by atoms with Crippen molar-refractivity contribution >= 4 is 10.9 Å². The first-order chi connectivity index (χ1) is 29.5. The summed E-state index contributed by atoms with van der Waals surface area (Å²) in [5.74, 6) is 0.707. The Labute approximate surface area is 351 Å². The Kier molecular flexibility index (Phi) is 8.49. The summed E-state index contributed by atoms with van der Waals surface area (Å²) in [6, 6.07) is 76.1. The number of para-hydroxylation sites is 1. The Bertz CT molecular complexity index is 3180. The topological polar surface area (TPSA) is 30.7 Å². The molecule has 0 N–H and O–H groups in total. The normalized spacial score (nSPS) is 12.6. The fourth-order valence-electron chi connectivity index (χ4n) is 9.23. The van der Waals surface area contributed by atoms with E-state index >= 15 is 0 Å². The van der Waals surface area contributed by atoms with Gasteiger partial charge in [0.15, 0.2) is 5.82 Å². The molecule has 1 aliphatic carbocycles. The minimum absolute atomic E-state index is 0.194. The molecule has 0 bridgehead atoms. The standard InChI is InChI=1S/C57H41N3/c1-57(2)49-24-14-12-22-46(49)54-48-36-44(34-35-53(48)60(45-20-10-5-11-21-45)55(54)47-23-13-15-25-50(47)57)40-28-32-42(33-29-40)52-37-51(58-56(59-52)43-18-8-4-9-19-43)41-30-26-39(27-31-41)38-16-6-3-7-17-38/h3-37H,1-2H3. The van der Waals surface area contributed by atoms with Gasteiger partial charge in [0, 0.05) is 44.3 Å². The third-order valence-corrected chi connectivity index (χ3v) is 12.3. The minimum Gasteiger partial charge on any atom is -0.309 e. The van der Waals surface area contributed by atoms with Crippen molar-refractivity contribution in [1.29, 1.82) is 0 Å². The Morgan fingerprint density at radius 3 is 1.45 bits per heavy atom. The summed E-state index contributed by atoms with van der Waals surface area (Å²) in [6.07, 6.45) is 0. The van der Waals surface area contributed by atoms with E-state index in [0.29, 0.717) is 5.82 Å². The van der Waals surface area contributed by atoms with Gasteiger partial charge in [-0.1, -0.05) is 196 Å². The first-order valence-electron chi connectivity index (χ1n) is 20.7. The number of benzene rings is 8. The van der Waals surface area contributed by atoms with Crippen LogP contribution in [0.5, 0.6) is 0 Å². The highest BCUT2D eigenvalue weighted by Gasteiger charge is 2.36. The number of nitrogens with zero attached hydrogens (tertiary/aromatic N) is 3. The fourth-order valence-corrected chi connectivity index (χ4v) is 9.23. The van der Waals surface area contributed by atoms with Crippen molar-refractivity contribution < 1.29 is 0 Å². The SMILES string of the molecule is CC1(C)c2ccccc2-c2c(n(-c3ccccc3)c3ccc(-c4ccc(-c5cc(-c6ccc(-c7ccccc7)cc6)nc(-c6ccccc6)n5)cc4)cc23)-c2ccccc21. The van der Waals surface area contributed by atoms with E-state index in [-0.39, 0.29) is 5.41 Å². The highest BCUT2D eigenvalue weighted by Crippen LogP contribution is 2.53. The Morgan fingerprint density at radius 1 is 0.383 bits per heavy atom. The summed E-state index contributed by atoms with van der Waals surface area (Å²) >= 11 is 0. The summed E-state index contributed by atoms with van der Waals surface area (Å²) in [7, 11) is 0. The lowest BCUT2D eigenvalue weighted by atomic mass is 9.75. The zero-order valence-corrected chi connectivity index (χ0v) is 33.5. The smallest absolute Gasteiger partial charge is 0.160 e. The van der Waals surface area contributed by atoms with Crippen molar-refractivity contribution in [3.8, 4) is 84.2 Å². The summed E-state index contributed by atoms with van der Waals surface area (Å²) in [5.41, 5.74) is 19.4. The minimum atomic E-state index is -0.194. The van der Waals surface area contributed by atoms with Gasteiger partial charge in [-0.05, 0) is 69.3 Å². The molecule has 11 rings (SSSR count). The van der Waals surface area contributed by atoms with Crippen LogP contribution in [0.3, 0.4) is 0 Å². The van der Waals surface area contributed by atoms with E-state index in [0.717, 1.165) is 39.3 Å². The van der Waals surface area contributed by atoms with Crippen LogP contribution >= 0.6 is 0 Å². The van der Waals surface area contributed by atoms with Crippen molar-refractivity contribution in [2.45, 2.75) is 19.3 Å². The van der Waals surface area contributed by atoms with Crippen LogP contribution < -0.4 is 0 Å². The van der Waals surface area contributed by atoms with Crippen molar-refractivity contribution in [3.05, 3.63) is 223 Å². The molecule has 3 nitrogen and oxygen atoms in total. The van der Waals surface area contributed by atoms with Crippen LogP contribution in [-0.4, -0.2) is 14.5 Å². The van der Waals surface area contributed by atoms with Crippen LogP contribution in [0.4, 0.5) is 0 Å². The zero-order valence-electron chi connectivity index (χ0n) is 33.5. The van der Waals surface area contributed by atoms with Crippen molar-refractivity contribution in [2.75, 3.05) is 0 Å². The molecule has 0 spiro atoms. The molecule has 10 aromatic rings. The summed E-state index contributed by atoms with van der Waals surface area (Å²) in [4.78, 5) is 10.2. The fraction of sp³-hybridized carbons (Fsp3) is 0.0526. The van der Waals surface area contributed by atoms with Gasteiger partial charge in [0.25, 0.3) is 0 Å². The van der Waals surface area contributed by atoms with Crippen molar-refractivity contribution in [3.63, 3.8) is 0 Å². The maximum atomic E-state index is 5.13. The molecule has 2 heterocycles. The van der Waals surface area contributed by atoms with Crippen LogP contribution in [0.1, 0.15) is 25.0 Å². The second kappa shape index (κ2) is 14.3. The lowest BCUT2D eigenvalue weighted by molar-refractivity contribution is 0.646. The van der Waals surface area contributed by atoms with E-state index in [1.807, 2.05) is 24.3 Å². The molecule has 0 aliphatic heterocycles. The molecular weight excluding hydrogens is 727 g/mol. The maximum absolute atomic E-state index is 5.13. The average molecular weight is 768 g/mol. The number of hydrogen-bond donors (Lipinski definition) is 0. The van der Waals surface area contributed by atoms with Gasteiger partial charge in [-0.15, -0.1) is 0 Å². The molecule has 0 radical (unpaired) electrons. The van der Waals surface area contributed by atoms with E-state index in [1.54, 1.807) is 0 Å². The van der Waals surface area contributed by atoms with Gasteiger partial charge in [0.2, 0.25) is 0 Å². The first kappa shape index (κ1) is 35.5. The predicted molar refractivity (Wildman–Crippen MR) is 249 cm³/mol. The predicted octanol–water partition coefficient (Wildman–Crippen LogP) is 14.7. The number of hydrogen-bond acceptors (Lipinski definition) is 2. The highest BCUT2D eigenvalue weighted by molar-refractivity contribution is 6.09. The monoisotopic (exact) mass is 767 g/mol. The number of aromatic nitrogens is 3. The summed E-state index contributed by atoms with van der Waals surface area (Å²) in [5, 5.41) is 1.24. The first-order valence-corrected chi connectivity index (χ1v) is 20.7. The third-order valence-electron chi connectivity index (χ3n) is 12.3. The van der Waals surface area contributed by atoms with E-state index in [9.17, 15) is 0 Å². The zero-order chi connectivity index (χ0) is 40.2. The number of fused-ring (bicyclic) bond motifs is 7. The summed E-state index contributed by atoms with van der Waals surface area (Å²) in [6.45, 7) is 4.73. The third kappa shape index (κ3) is 5.98. The molecule has 284 valence electrons. The second-order valence-electron chi connectivity index (χ2n) is 16.2. The van der Waals surface area contributed by atoms with Crippen molar-refractivity contribution in [2.24, 2.45) is 0 Å². The van der Waals surface area contributed by atoms with E-state index < -0.39 is 0 Å². The van der Waals surface area contributed by atoms with Gasteiger partial charge in [-0.2, -0.15) is 0 Å². The molecule has 2 aromatic heterocycles. The maximum Gasteiger partial charge on any atom is 0.160 e. The van der Waals surface area contributed by atoms with Gasteiger partial charge in [-0.3, -0.25) is 0 Å². The molecule has 3 heteroatoms. The van der Waals surface area contributed by atoms with Gasteiger partial charge in [0.1, 0.15) is 0 Å². The molecule has 60 heavy (non-hydrogen) atoms. The van der Waals surface area contributed by atoms with Gasteiger partial charge >= 0.3 is 0 Å². The van der Waals surface area contributed by atoms with E-state index in [2.05, 4.69) is 206 Å². The molecule has 1 aliphatic rings. The largest absolute Gasteiger partial charge is 0.309 e. The second-order valence-corrected chi connectivity index (χ2v) is 16.2. The highest BCUT2D eigenvalue weighted by atomic mass is 15.0. The molecule has 8 aromatic carbocycles. The molecule has 0 amide bonds. The molecule has 0 saturated heterocycles. The van der Waals surface area contributed by atoms with Crippen molar-refractivity contribution in [1.82, 2.24) is 14.5 Å². The van der Waals surface area contributed by atoms with Gasteiger partial charge < -0.3 is 4.57 Å². The van der Waals surface area contributed by atoms with Crippen LogP contribution in [0.2, 0.25) is 0 Å². The molecule has 0 fully saturated rings. The van der Waals surface area contributed by atoms with Crippen LogP contribution in [-0.2, 0) is 5.41 Å². The molecular formula is C57H41N3. The average Bonchev–Trinajstić information content (AvgIpc) is 3.63. The van der Waals surface area contributed by atoms with Crippen LogP contribution in [0.15, 0.2) is 212 Å². The van der Waals surface area contributed by atoms with Gasteiger partial charge in [0.05, 0.1) is 22.6 Å². The number of rotatable bonds is 6. The molecule has 0 unspecified atom stereocenters. The van der Waals surface area contributed by atoms with E-state index in [4.69, 9.17) is 9.97 Å². The van der Waals surface area contributed by atoms with Crippen LogP contribution in [0.25, 0.3) is 95.1 Å². The quantitative estimate of drug-likeness (QED) is 0.169. The Hall–Kier alpha value is -7.62. The Morgan fingerprint density at radius 2 is 0.833 bits per heavy atom. The van der Waals surface area contributed by atoms with Gasteiger partial charge in [-0.25, -0.2) is 9.97 Å². The van der Waals surface area contributed by atoms with E-state index in [1.165, 1.54) is 61.1 Å². The molecule has 0 atom stereocenters. The Balaban J connectivity index is 1.04. The lowest BCUT2D eigenvalue weighted by Gasteiger charge is -2.28.